The Labute approximate surface area is 173 Å². The topological polar surface area (TPSA) is 37.3 Å². The smallest absolute Gasteiger partial charge is 0.303 e. The largest absolute Gasteiger partial charge is 0.481 e. The van der Waals surface area contributed by atoms with E-state index in [9.17, 15) is 4.79 Å². The van der Waals surface area contributed by atoms with Gasteiger partial charge in [0, 0.05) is 6.42 Å². The summed E-state index contributed by atoms with van der Waals surface area (Å²) in [5, 5.41) is 8.66. The van der Waals surface area contributed by atoms with Crippen LogP contribution >= 0.6 is 0 Å². The molecule has 0 saturated heterocycles. The van der Waals surface area contributed by atoms with Crippen molar-refractivity contribution in [3.63, 3.8) is 0 Å². The molecule has 2 heteroatoms. The molecular formula is C26H42O2. The highest BCUT2D eigenvalue weighted by molar-refractivity contribution is 5.66. The van der Waals surface area contributed by atoms with Crippen LogP contribution in [0.4, 0.5) is 0 Å². The number of carboxylic acids is 1. The standard InChI is InChI=1S/C26H42O2/c1-3-4-8-11-22-14-17-24(18-15-22)25-19-16-23(20-21(25)2)12-9-6-5-7-10-13-26(27)28/h16,19-20,22,24H,3-15,17-18H2,1-2H3,(H,27,28)/t22-,24-. The summed E-state index contributed by atoms with van der Waals surface area (Å²) in [4.78, 5) is 10.5. The summed E-state index contributed by atoms with van der Waals surface area (Å²) in [5.74, 6) is 1.10. The van der Waals surface area contributed by atoms with Crippen molar-refractivity contribution in [2.45, 2.75) is 116 Å². The Kier molecular flexibility index (Phi) is 10.7. The maximum atomic E-state index is 10.5. The molecular weight excluding hydrogens is 344 g/mol. The molecule has 28 heavy (non-hydrogen) atoms. The Morgan fingerprint density at radius 2 is 1.68 bits per heavy atom. The number of carboxylic acid groups (broad SMARTS) is 1. The van der Waals surface area contributed by atoms with E-state index in [0.717, 1.165) is 37.5 Å². The number of aliphatic carboxylic acids is 1. The fourth-order valence-corrected chi connectivity index (χ4v) is 4.93. The van der Waals surface area contributed by atoms with Gasteiger partial charge < -0.3 is 5.11 Å². The van der Waals surface area contributed by atoms with Gasteiger partial charge >= 0.3 is 5.97 Å². The van der Waals surface area contributed by atoms with E-state index in [4.69, 9.17) is 5.11 Å². The molecule has 1 N–H and O–H groups in total. The van der Waals surface area contributed by atoms with Gasteiger partial charge in [-0.1, -0.05) is 70.1 Å². The van der Waals surface area contributed by atoms with Crippen LogP contribution in [0.3, 0.4) is 0 Å². The molecule has 0 bridgehead atoms. The summed E-state index contributed by atoms with van der Waals surface area (Å²) in [6.07, 6.45) is 18.2. The lowest BCUT2D eigenvalue weighted by Gasteiger charge is -2.30. The Bertz CT molecular complexity index is 570. The van der Waals surface area contributed by atoms with Crippen LogP contribution in [-0.2, 0) is 11.2 Å². The molecule has 1 saturated carbocycles. The Morgan fingerprint density at radius 3 is 2.36 bits per heavy atom. The van der Waals surface area contributed by atoms with Crippen LogP contribution in [0.25, 0.3) is 0 Å². The Balaban J connectivity index is 1.68. The van der Waals surface area contributed by atoms with Crippen molar-refractivity contribution < 1.29 is 9.90 Å². The molecule has 1 aromatic carbocycles. The van der Waals surface area contributed by atoms with Gasteiger partial charge in [0.15, 0.2) is 0 Å². The third-order valence-electron chi connectivity index (χ3n) is 6.69. The molecule has 0 aliphatic heterocycles. The van der Waals surface area contributed by atoms with Gasteiger partial charge in [0.25, 0.3) is 0 Å². The van der Waals surface area contributed by atoms with Gasteiger partial charge in [0.05, 0.1) is 0 Å². The normalized spacial score (nSPS) is 19.6. The molecule has 0 radical (unpaired) electrons. The monoisotopic (exact) mass is 386 g/mol. The highest BCUT2D eigenvalue weighted by Gasteiger charge is 2.23. The lowest BCUT2D eigenvalue weighted by Crippen LogP contribution is -2.14. The third kappa shape index (κ3) is 8.37. The van der Waals surface area contributed by atoms with Gasteiger partial charge in [0.1, 0.15) is 0 Å². The van der Waals surface area contributed by atoms with Crippen LogP contribution in [-0.4, -0.2) is 11.1 Å². The lowest BCUT2D eigenvalue weighted by molar-refractivity contribution is -0.137. The molecule has 0 aromatic heterocycles. The lowest BCUT2D eigenvalue weighted by atomic mass is 9.76. The zero-order valence-corrected chi connectivity index (χ0v) is 18.3. The third-order valence-corrected chi connectivity index (χ3v) is 6.69. The van der Waals surface area contributed by atoms with Gasteiger partial charge in [-0.25, -0.2) is 0 Å². The number of aryl methyl sites for hydroxylation is 2. The molecule has 158 valence electrons. The van der Waals surface area contributed by atoms with Gasteiger partial charge in [0.2, 0.25) is 0 Å². The molecule has 0 amide bonds. The van der Waals surface area contributed by atoms with E-state index in [1.54, 1.807) is 5.56 Å². The fourth-order valence-electron chi connectivity index (χ4n) is 4.93. The second kappa shape index (κ2) is 13.0. The van der Waals surface area contributed by atoms with Crippen LogP contribution in [0.1, 0.15) is 119 Å². The van der Waals surface area contributed by atoms with Crippen LogP contribution in [0.5, 0.6) is 0 Å². The summed E-state index contributed by atoms with van der Waals surface area (Å²) in [5.41, 5.74) is 4.57. The van der Waals surface area contributed by atoms with E-state index < -0.39 is 5.97 Å². The molecule has 0 spiro atoms. The predicted molar refractivity (Wildman–Crippen MR) is 119 cm³/mol. The van der Waals surface area contributed by atoms with E-state index >= 15 is 0 Å². The number of rotatable bonds is 13. The van der Waals surface area contributed by atoms with Crippen molar-refractivity contribution in [1.29, 1.82) is 0 Å². The highest BCUT2D eigenvalue weighted by atomic mass is 16.4. The molecule has 1 fully saturated rings. The first kappa shape index (κ1) is 23.0. The van der Waals surface area contributed by atoms with E-state index in [-0.39, 0.29) is 0 Å². The maximum absolute atomic E-state index is 10.5. The van der Waals surface area contributed by atoms with Crippen LogP contribution < -0.4 is 0 Å². The zero-order chi connectivity index (χ0) is 20.2. The van der Waals surface area contributed by atoms with E-state index in [2.05, 4.69) is 32.0 Å². The molecule has 0 atom stereocenters. The quantitative estimate of drug-likeness (QED) is 0.351. The summed E-state index contributed by atoms with van der Waals surface area (Å²) < 4.78 is 0. The number of benzene rings is 1. The summed E-state index contributed by atoms with van der Waals surface area (Å²) in [6, 6.07) is 7.20. The van der Waals surface area contributed by atoms with Gasteiger partial charge in [-0.3, -0.25) is 4.79 Å². The number of hydrogen-bond acceptors (Lipinski definition) is 1. The minimum atomic E-state index is -0.666. The van der Waals surface area contributed by atoms with Crippen molar-refractivity contribution in [2.75, 3.05) is 0 Å². The van der Waals surface area contributed by atoms with Crippen molar-refractivity contribution in [3.8, 4) is 0 Å². The van der Waals surface area contributed by atoms with E-state index in [0.29, 0.717) is 6.42 Å². The zero-order valence-electron chi connectivity index (χ0n) is 18.3. The second-order valence-corrected chi connectivity index (χ2v) is 9.07. The van der Waals surface area contributed by atoms with Crippen LogP contribution in [0.15, 0.2) is 18.2 Å². The number of unbranched alkanes of at least 4 members (excludes halogenated alkanes) is 6. The maximum Gasteiger partial charge on any atom is 0.303 e. The number of carbonyl (C=O) groups is 1. The van der Waals surface area contributed by atoms with Crippen molar-refractivity contribution in [1.82, 2.24) is 0 Å². The van der Waals surface area contributed by atoms with Crippen molar-refractivity contribution >= 4 is 5.97 Å². The predicted octanol–water partition coefficient (Wildman–Crippen LogP) is 7.82. The van der Waals surface area contributed by atoms with Crippen molar-refractivity contribution in [2.24, 2.45) is 5.92 Å². The SMILES string of the molecule is CCCCC[C@H]1CC[C@H](c2ccc(CCCCCCCC(=O)O)cc2C)CC1. The van der Waals surface area contributed by atoms with Crippen LogP contribution in [0.2, 0.25) is 0 Å². The summed E-state index contributed by atoms with van der Waals surface area (Å²) in [7, 11) is 0. The molecule has 0 unspecified atom stereocenters. The Morgan fingerprint density at radius 1 is 0.964 bits per heavy atom. The van der Waals surface area contributed by atoms with Gasteiger partial charge in [-0.05, 0) is 80.4 Å². The van der Waals surface area contributed by atoms with E-state index in [1.807, 2.05) is 0 Å². The first-order chi connectivity index (χ1) is 13.6. The highest BCUT2D eigenvalue weighted by Crippen LogP contribution is 2.39. The summed E-state index contributed by atoms with van der Waals surface area (Å²) in [6.45, 7) is 4.60. The first-order valence-electron chi connectivity index (χ1n) is 11.9. The van der Waals surface area contributed by atoms with Crippen LogP contribution in [0, 0.1) is 12.8 Å². The Hall–Kier alpha value is -1.31. The first-order valence-corrected chi connectivity index (χ1v) is 11.9. The second-order valence-electron chi connectivity index (χ2n) is 9.07. The minimum Gasteiger partial charge on any atom is -0.481 e. The molecule has 2 rings (SSSR count). The number of hydrogen-bond donors (Lipinski definition) is 1. The van der Waals surface area contributed by atoms with Gasteiger partial charge in [-0.2, -0.15) is 0 Å². The molecule has 1 aromatic rings. The average molecular weight is 387 g/mol. The molecule has 2 nitrogen and oxygen atoms in total. The van der Waals surface area contributed by atoms with E-state index in [1.165, 1.54) is 75.3 Å². The molecule has 1 aliphatic rings. The van der Waals surface area contributed by atoms with Gasteiger partial charge in [-0.15, -0.1) is 0 Å². The molecule has 0 heterocycles. The molecule has 1 aliphatic carbocycles. The average Bonchev–Trinajstić information content (AvgIpc) is 2.68. The van der Waals surface area contributed by atoms with Crippen molar-refractivity contribution in [3.05, 3.63) is 34.9 Å². The minimum absolute atomic E-state index is 0.321. The summed E-state index contributed by atoms with van der Waals surface area (Å²) >= 11 is 0. The fraction of sp³-hybridized carbons (Fsp3) is 0.731.